The summed E-state index contributed by atoms with van der Waals surface area (Å²) in [5, 5.41) is 0. The smallest absolute Gasteiger partial charge is 0.151 e. The number of hydrogen-bond donors (Lipinski definition) is 1. The normalized spacial score (nSPS) is 21.9. The van der Waals surface area contributed by atoms with Gasteiger partial charge in [-0.15, -0.1) is 0 Å². The van der Waals surface area contributed by atoms with Gasteiger partial charge in [0.2, 0.25) is 0 Å². The molecule has 0 aromatic heterocycles. The number of nitrogens with zero attached hydrogens (tertiary/aromatic N) is 1. The van der Waals surface area contributed by atoms with Crippen LogP contribution < -0.4 is 5.73 Å². The minimum atomic E-state index is -2.83. The van der Waals surface area contributed by atoms with Crippen molar-refractivity contribution in [2.75, 3.05) is 24.6 Å². The number of sulfone groups is 1. The Morgan fingerprint density at radius 2 is 2.00 bits per heavy atom. The molecule has 2 rings (SSSR count). The molecule has 106 valence electrons. The monoisotopic (exact) mass is 282 g/mol. The third-order valence-electron chi connectivity index (χ3n) is 3.60. The molecule has 0 amide bonds. The van der Waals surface area contributed by atoms with Crippen molar-refractivity contribution in [2.45, 2.75) is 25.4 Å². The Kier molecular flexibility index (Phi) is 4.96. The van der Waals surface area contributed by atoms with E-state index in [1.807, 2.05) is 18.2 Å². The molecule has 5 heteroatoms. The van der Waals surface area contributed by atoms with E-state index in [-0.39, 0.29) is 6.04 Å². The molecule has 0 bridgehead atoms. The molecule has 1 aromatic rings. The summed E-state index contributed by atoms with van der Waals surface area (Å²) >= 11 is 0. The van der Waals surface area contributed by atoms with Gasteiger partial charge in [0, 0.05) is 19.1 Å². The molecule has 2 N–H and O–H groups in total. The van der Waals surface area contributed by atoms with Crippen LogP contribution in [-0.4, -0.2) is 44.0 Å². The second kappa shape index (κ2) is 6.50. The number of benzene rings is 1. The fraction of sp³-hybridized carbons (Fsp3) is 0.571. The molecule has 1 unspecified atom stereocenters. The quantitative estimate of drug-likeness (QED) is 0.846. The van der Waals surface area contributed by atoms with Crippen LogP contribution in [0.5, 0.6) is 0 Å². The molecular formula is C14H22N2O2S. The highest BCUT2D eigenvalue weighted by Crippen LogP contribution is 2.20. The second-order valence-corrected chi connectivity index (χ2v) is 7.38. The van der Waals surface area contributed by atoms with Gasteiger partial charge in [-0.3, -0.25) is 4.90 Å². The van der Waals surface area contributed by atoms with Crippen LogP contribution in [0.15, 0.2) is 30.3 Å². The topological polar surface area (TPSA) is 63.4 Å². The number of hydrogen-bond acceptors (Lipinski definition) is 4. The first-order valence-corrected chi connectivity index (χ1v) is 8.61. The predicted molar refractivity (Wildman–Crippen MR) is 77.6 cm³/mol. The van der Waals surface area contributed by atoms with Crippen molar-refractivity contribution in [3.63, 3.8) is 0 Å². The highest BCUT2D eigenvalue weighted by atomic mass is 32.2. The molecule has 0 aliphatic carbocycles. The lowest BCUT2D eigenvalue weighted by atomic mass is 10.1. The Labute approximate surface area is 115 Å². The number of nitrogens with two attached hydrogens (primary N) is 1. The van der Waals surface area contributed by atoms with Crippen LogP contribution in [0, 0.1) is 0 Å². The first-order valence-electron chi connectivity index (χ1n) is 6.79. The lowest BCUT2D eigenvalue weighted by Crippen LogP contribution is -2.37. The van der Waals surface area contributed by atoms with E-state index in [1.165, 1.54) is 5.56 Å². The van der Waals surface area contributed by atoms with E-state index in [9.17, 15) is 8.42 Å². The maximum atomic E-state index is 11.6. The lowest BCUT2D eigenvalue weighted by molar-refractivity contribution is 0.202. The minimum Gasteiger partial charge on any atom is -0.330 e. The molecule has 19 heavy (non-hydrogen) atoms. The Bertz CT molecular complexity index is 487. The minimum absolute atomic E-state index is 0.150. The SMILES string of the molecule is NCCCN(Cc1ccccc1)C1CCS(=O)(=O)C1. The average Bonchev–Trinajstić information content (AvgIpc) is 2.76. The van der Waals surface area contributed by atoms with Gasteiger partial charge >= 0.3 is 0 Å². The molecule has 1 atom stereocenters. The van der Waals surface area contributed by atoms with E-state index < -0.39 is 9.84 Å². The van der Waals surface area contributed by atoms with Crippen LogP contribution in [0.3, 0.4) is 0 Å². The zero-order valence-electron chi connectivity index (χ0n) is 11.2. The Morgan fingerprint density at radius 3 is 2.58 bits per heavy atom. The largest absolute Gasteiger partial charge is 0.330 e. The van der Waals surface area contributed by atoms with E-state index in [4.69, 9.17) is 5.73 Å². The Hall–Kier alpha value is -0.910. The second-order valence-electron chi connectivity index (χ2n) is 5.16. The molecule has 0 radical (unpaired) electrons. The average molecular weight is 282 g/mol. The standard InChI is InChI=1S/C14H22N2O2S/c15-8-4-9-16(11-13-5-2-1-3-6-13)14-7-10-19(17,18)12-14/h1-3,5-6,14H,4,7-12,15H2. The fourth-order valence-electron chi connectivity index (χ4n) is 2.57. The van der Waals surface area contributed by atoms with Crippen LogP contribution in [0.2, 0.25) is 0 Å². The van der Waals surface area contributed by atoms with Crippen molar-refractivity contribution in [2.24, 2.45) is 5.73 Å². The first kappa shape index (κ1) is 14.5. The molecule has 1 aromatic carbocycles. The molecule has 0 spiro atoms. The van der Waals surface area contributed by atoms with Gasteiger partial charge in [0.05, 0.1) is 11.5 Å². The molecular weight excluding hydrogens is 260 g/mol. The lowest BCUT2D eigenvalue weighted by Gasteiger charge is -2.28. The molecule has 1 aliphatic heterocycles. The predicted octanol–water partition coefficient (Wildman–Crippen LogP) is 1.02. The van der Waals surface area contributed by atoms with Crippen molar-refractivity contribution in [1.82, 2.24) is 4.90 Å². The highest BCUT2D eigenvalue weighted by molar-refractivity contribution is 7.91. The summed E-state index contributed by atoms with van der Waals surface area (Å²) in [6.07, 6.45) is 1.66. The summed E-state index contributed by atoms with van der Waals surface area (Å²) in [4.78, 5) is 2.27. The van der Waals surface area contributed by atoms with Crippen LogP contribution in [0.4, 0.5) is 0 Å². The summed E-state index contributed by atoms with van der Waals surface area (Å²) in [5.41, 5.74) is 6.80. The van der Waals surface area contributed by atoms with Gasteiger partial charge in [-0.25, -0.2) is 8.42 Å². The van der Waals surface area contributed by atoms with Gasteiger partial charge in [-0.1, -0.05) is 30.3 Å². The van der Waals surface area contributed by atoms with Crippen molar-refractivity contribution in [3.05, 3.63) is 35.9 Å². The van der Waals surface area contributed by atoms with E-state index in [1.54, 1.807) is 0 Å². The first-order chi connectivity index (χ1) is 9.11. The number of rotatable bonds is 6. The molecule has 4 nitrogen and oxygen atoms in total. The summed E-state index contributed by atoms with van der Waals surface area (Å²) in [7, 11) is -2.83. The summed E-state index contributed by atoms with van der Waals surface area (Å²) in [6, 6.07) is 10.3. The third kappa shape index (κ3) is 4.30. The summed E-state index contributed by atoms with van der Waals surface area (Å²) in [6.45, 7) is 2.32. The van der Waals surface area contributed by atoms with Gasteiger partial charge < -0.3 is 5.73 Å². The van der Waals surface area contributed by atoms with Crippen molar-refractivity contribution in [3.8, 4) is 0 Å². The van der Waals surface area contributed by atoms with Crippen LogP contribution in [0.25, 0.3) is 0 Å². The highest BCUT2D eigenvalue weighted by Gasteiger charge is 2.31. The van der Waals surface area contributed by atoms with Crippen LogP contribution in [0.1, 0.15) is 18.4 Å². The Balaban J connectivity index is 2.04. The summed E-state index contributed by atoms with van der Waals surface area (Å²) in [5.74, 6) is 0.621. The molecule has 0 saturated carbocycles. The van der Waals surface area contributed by atoms with Gasteiger partial charge in [0.25, 0.3) is 0 Å². The molecule has 1 saturated heterocycles. The van der Waals surface area contributed by atoms with Gasteiger partial charge in [0.1, 0.15) is 0 Å². The molecule has 1 heterocycles. The van der Waals surface area contributed by atoms with Gasteiger partial charge in [-0.2, -0.15) is 0 Å². The van der Waals surface area contributed by atoms with Crippen LogP contribution >= 0.6 is 0 Å². The maximum absolute atomic E-state index is 11.6. The van der Waals surface area contributed by atoms with E-state index in [2.05, 4.69) is 17.0 Å². The van der Waals surface area contributed by atoms with Crippen molar-refractivity contribution < 1.29 is 8.42 Å². The summed E-state index contributed by atoms with van der Waals surface area (Å²) < 4.78 is 23.2. The fourth-order valence-corrected chi connectivity index (χ4v) is 4.33. The molecule has 1 fully saturated rings. The van der Waals surface area contributed by atoms with E-state index in [0.29, 0.717) is 18.1 Å². The zero-order chi connectivity index (χ0) is 13.7. The van der Waals surface area contributed by atoms with Crippen LogP contribution in [-0.2, 0) is 16.4 Å². The molecule has 1 aliphatic rings. The van der Waals surface area contributed by atoms with E-state index in [0.717, 1.165) is 25.9 Å². The maximum Gasteiger partial charge on any atom is 0.151 e. The van der Waals surface area contributed by atoms with Gasteiger partial charge in [-0.05, 0) is 24.9 Å². The Morgan fingerprint density at radius 1 is 1.26 bits per heavy atom. The van der Waals surface area contributed by atoms with Crippen molar-refractivity contribution >= 4 is 9.84 Å². The van der Waals surface area contributed by atoms with Crippen molar-refractivity contribution in [1.29, 1.82) is 0 Å². The van der Waals surface area contributed by atoms with Gasteiger partial charge in [0.15, 0.2) is 9.84 Å². The zero-order valence-corrected chi connectivity index (χ0v) is 12.0. The van der Waals surface area contributed by atoms with E-state index >= 15 is 0 Å². The third-order valence-corrected chi connectivity index (χ3v) is 5.35.